The van der Waals surface area contributed by atoms with Gasteiger partial charge in [-0.1, -0.05) is 19.3 Å². The zero-order chi connectivity index (χ0) is 11.6. The van der Waals surface area contributed by atoms with E-state index >= 15 is 0 Å². The van der Waals surface area contributed by atoms with E-state index in [0.29, 0.717) is 6.54 Å². The number of rotatable bonds is 9. The van der Waals surface area contributed by atoms with Crippen LogP contribution in [0.1, 0.15) is 25.7 Å². The summed E-state index contributed by atoms with van der Waals surface area (Å²) < 4.78 is 10.8. The number of hydrogen-bond acceptors (Lipinski definition) is 4. The quantitative estimate of drug-likeness (QED) is 0.265. The monoisotopic (exact) mass is 231 g/mol. The molecule has 0 aromatic heterocycles. The van der Waals surface area contributed by atoms with E-state index in [1.165, 1.54) is 0 Å². The molecule has 0 amide bonds. The fourth-order valence-corrected chi connectivity index (χ4v) is 2.79. The lowest BCUT2D eigenvalue weighted by atomic mass is 10.2. The maximum Gasteiger partial charge on any atom is 0.334 e. The first-order valence-electron chi connectivity index (χ1n) is 5.32. The standard InChI is InChI=1S/C10H21NO3Si/c1-13-15(3,14-2)9-7-5-4-6-8-11-10-12/h4-9H2,1-3H3. The lowest BCUT2D eigenvalue weighted by molar-refractivity contribution is 0.248. The summed E-state index contributed by atoms with van der Waals surface area (Å²) in [5, 5.41) is 0. The first kappa shape index (κ1) is 14.5. The van der Waals surface area contributed by atoms with Gasteiger partial charge in [-0.15, -0.1) is 0 Å². The molecule has 0 aromatic rings. The number of isocyanates is 1. The Balaban J connectivity index is 3.41. The molecule has 4 nitrogen and oxygen atoms in total. The molecule has 88 valence electrons. The molecule has 0 saturated carbocycles. The first-order valence-corrected chi connectivity index (χ1v) is 7.85. The highest BCUT2D eigenvalue weighted by Crippen LogP contribution is 2.16. The summed E-state index contributed by atoms with van der Waals surface area (Å²) >= 11 is 0. The molecule has 0 N–H and O–H groups in total. The lowest BCUT2D eigenvalue weighted by Gasteiger charge is -2.22. The van der Waals surface area contributed by atoms with Crippen LogP contribution in [-0.2, 0) is 13.6 Å². The molecule has 0 fully saturated rings. The van der Waals surface area contributed by atoms with Crippen LogP contribution >= 0.6 is 0 Å². The minimum absolute atomic E-state index is 0.604. The van der Waals surface area contributed by atoms with Crippen molar-refractivity contribution in [1.29, 1.82) is 0 Å². The number of unbranched alkanes of at least 4 members (excludes halogenated alkanes) is 3. The summed E-state index contributed by atoms with van der Waals surface area (Å²) in [4.78, 5) is 13.3. The van der Waals surface area contributed by atoms with E-state index in [0.717, 1.165) is 31.7 Å². The third-order valence-electron chi connectivity index (χ3n) is 2.58. The van der Waals surface area contributed by atoms with Crippen LogP contribution in [0, 0.1) is 0 Å². The molecule has 15 heavy (non-hydrogen) atoms. The van der Waals surface area contributed by atoms with Crippen molar-refractivity contribution in [1.82, 2.24) is 0 Å². The molecule has 0 bridgehead atoms. The van der Waals surface area contributed by atoms with Crippen molar-refractivity contribution in [2.75, 3.05) is 20.8 Å². The smallest absolute Gasteiger partial charge is 0.334 e. The molecule has 0 saturated heterocycles. The number of nitrogens with zero attached hydrogens (tertiary/aromatic N) is 1. The van der Waals surface area contributed by atoms with Crippen molar-refractivity contribution in [2.24, 2.45) is 4.99 Å². The summed E-state index contributed by atoms with van der Waals surface area (Å²) in [6.45, 7) is 2.68. The molecule has 0 radical (unpaired) electrons. The molecule has 0 unspecified atom stereocenters. The summed E-state index contributed by atoms with van der Waals surface area (Å²) in [7, 11) is 1.58. The van der Waals surface area contributed by atoms with Crippen molar-refractivity contribution in [3.8, 4) is 0 Å². The van der Waals surface area contributed by atoms with Crippen LogP contribution < -0.4 is 0 Å². The highest BCUT2D eigenvalue weighted by atomic mass is 28.4. The van der Waals surface area contributed by atoms with E-state index in [2.05, 4.69) is 11.5 Å². The predicted molar refractivity (Wildman–Crippen MR) is 61.9 cm³/mol. The van der Waals surface area contributed by atoms with Crippen LogP contribution in [0.15, 0.2) is 4.99 Å². The highest BCUT2D eigenvalue weighted by Gasteiger charge is 2.27. The van der Waals surface area contributed by atoms with Crippen molar-refractivity contribution in [2.45, 2.75) is 38.3 Å². The second-order valence-corrected chi connectivity index (χ2v) is 7.26. The minimum atomic E-state index is -1.86. The average molecular weight is 231 g/mol. The molecule has 0 heterocycles. The van der Waals surface area contributed by atoms with Gasteiger partial charge in [-0.2, -0.15) is 0 Å². The van der Waals surface area contributed by atoms with Crippen molar-refractivity contribution < 1.29 is 13.6 Å². The highest BCUT2D eigenvalue weighted by molar-refractivity contribution is 6.65. The molecule has 0 aliphatic carbocycles. The Morgan fingerprint density at radius 1 is 1.13 bits per heavy atom. The van der Waals surface area contributed by atoms with E-state index in [1.807, 2.05) is 0 Å². The molecule has 0 atom stereocenters. The number of carbonyl (C=O) groups excluding carboxylic acids is 1. The van der Waals surface area contributed by atoms with Gasteiger partial charge in [0.15, 0.2) is 0 Å². The molecule has 0 aliphatic rings. The Kier molecular flexibility index (Phi) is 8.51. The van der Waals surface area contributed by atoms with Gasteiger partial charge in [0.2, 0.25) is 6.08 Å². The third kappa shape index (κ3) is 7.45. The van der Waals surface area contributed by atoms with Crippen LogP contribution in [0.25, 0.3) is 0 Å². The van der Waals surface area contributed by atoms with Gasteiger partial charge in [0.05, 0.1) is 6.54 Å². The van der Waals surface area contributed by atoms with Gasteiger partial charge in [0, 0.05) is 14.2 Å². The van der Waals surface area contributed by atoms with Crippen molar-refractivity contribution >= 4 is 14.6 Å². The normalized spacial score (nSPS) is 11.1. The summed E-state index contributed by atoms with van der Waals surface area (Å²) in [6.07, 6.45) is 5.87. The third-order valence-corrected chi connectivity index (χ3v) is 5.57. The van der Waals surface area contributed by atoms with Crippen molar-refractivity contribution in [3.05, 3.63) is 0 Å². The van der Waals surface area contributed by atoms with Gasteiger partial charge in [-0.05, 0) is 19.0 Å². The zero-order valence-corrected chi connectivity index (χ0v) is 10.9. The Hall–Kier alpha value is -0.483. The van der Waals surface area contributed by atoms with E-state index in [1.54, 1.807) is 20.3 Å². The van der Waals surface area contributed by atoms with Gasteiger partial charge in [0.25, 0.3) is 0 Å². The molecule has 0 aliphatic heterocycles. The first-order chi connectivity index (χ1) is 7.18. The second kappa shape index (κ2) is 8.80. The predicted octanol–water partition coefficient (Wildman–Crippen LogP) is 2.25. The Labute approximate surface area is 92.9 Å². The summed E-state index contributed by atoms with van der Waals surface area (Å²) in [6, 6.07) is 1.02. The van der Waals surface area contributed by atoms with Crippen LogP contribution in [0.3, 0.4) is 0 Å². The largest absolute Gasteiger partial charge is 0.398 e. The zero-order valence-electron chi connectivity index (χ0n) is 9.91. The van der Waals surface area contributed by atoms with Gasteiger partial charge in [-0.25, -0.2) is 9.79 Å². The molecule has 5 heteroatoms. The molecule has 0 rings (SSSR count). The van der Waals surface area contributed by atoms with Crippen molar-refractivity contribution in [3.63, 3.8) is 0 Å². The second-order valence-electron chi connectivity index (χ2n) is 3.68. The molecule has 0 spiro atoms. The molecule has 0 aromatic carbocycles. The Bertz CT molecular complexity index is 201. The topological polar surface area (TPSA) is 47.9 Å². The maximum atomic E-state index is 9.78. The number of aliphatic imine (C=N–C) groups is 1. The SMILES string of the molecule is CO[Si](C)(CCCCCCN=C=O)OC. The van der Waals surface area contributed by atoms with Crippen LogP contribution in [0.4, 0.5) is 0 Å². The lowest BCUT2D eigenvalue weighted by Crippen LogP contribution is -2.35. The van der Waals surface area contributed by atoms with Crippen LogP contribution in [0.2, 0.25) is 12.6 Å². The fourth-order valence-electron chi connectivity index (χ4n) is 1.32. The molecular formula is C10H21NO3Si. The maximum absolute atomic E-state index is 9.78. The van der Waals surface area contributed by atoms with E-state index in [-0.39, 0.29) is 0 Å². The van der Waals surface area contributed by atoms with Gasteiger partial charge < -0.3 is 8.85 Å². The summed E-state index contributed by atoms with van der Waals surface area (Å²) in [5.74, 6) is 0. The average Bonchev–Trinajstić information content (AvgIpc) is 2.27. The van der Waals surface area contributed by atoms with E-state index in [4.69, 9.17) is 8.85 Å². The Morgan fingerprint density at radius 3 is 2.27 bits per heavy atom. The van der Waals surface area contributed by atoms with Gasteiger partial charge in [-0.3, -0.25) is 0 Å². The number of hydrogen-bond donors (Lipinski definition) is 0. The fraction of sp³-hybridized carbons (Fsp3) is 0.900. The Morgan fingerprint density at radius 2 is 1.73 bits per heavy atom. The van der Waals surface area contributed by atoms with Gasteiger partial charge in [0.1, 0.15) is 0 Å². The van der Waals surface area contributed by atoms with Crippen LogP contribution in [-0.4, -0.2) is 35.4 Å². The minimum Gasteiger partial charge on any atom is -0.398 e. The van der Waals surface area contributed by atoms with E-state index in [9.17, 15) is 4.79 Å². The van der Waals surface area contributed by atoms with Crippen LogP contribution in [0.5, 0.6) is 0 Å². The van der Waals surface area contributed by atoms with Gasteiger partial charge >= 0.3 is 8.56 Å². The molecular weight excluding hydrogens is 210 g/mol. The summed E-state index contributed by atoms with van der Waals surface area (Å²) in [5.41, 5.74) is 0. The van der Waals surface area contributed by atoms with E-state index < -0.39 is 8.56 Å².